The first-order valence-electron chi connectivity index (χ1n) is 4.68. The van der Waals surface area contributed by atoms with Gasteiger partial charge in [0, 0.05) is 31.8 Å². The molecular formula is C9H12N2O5. The second-order valence-corrected chi connectivity index (χ2v) is 3.15. The summed E-state index contributed by atoms with van der Waals surface area (Å²) in [4.78, 5) is 34.8. The molecule has 0 aromatic heterocycles. The van der Waals surface area contributed by atoms with Gasteiger partial charge < -0.3 is 15.1 Å². The Labute approximate surface area is 91.6 Å². The molecule has 0 aromatic rings. The third-order valence-corrected chi connectivity index (χ3v) is 2.13. The van der Waals surface area contributed by atoms with Gasteiger partial charge in [-0.1, -0.05) is 0 Å². The Balaban J connectivity index is 2.46. The van der Waals surface area contributed by atoms with Crippen molar-refractivity contribution in [3.63, 3.8) is 0 Å². The van der Waals surface area contributed by atoms with Gasteiger partial charge in [-0.15, -0.1) is 0 Å². The number of rotatable bonds is 5. The van der Waals surface area contributed by atoms with Crippen LogP contribution in [0.15, 0.2) is 12.2 Å². The van der Waals surface area contributed by atoms with Crippen molar-refractivity contribution in [2.75, 3.05) is 26.2 Å². The second-order valence-electron chi connectivity index (χ2n) is 3.15. The van der Waals surface area contributed by atoms with Crippen LogP contribution >= 0.6 is 0 Å². The van der Waals surface area contributed by atoms with Gasteiger partial charge in [0.1, 0.15) is 0 Å². The Kier molecular flexibility index (Phi) is 4.01. The number of carboxylic acid groups (broad SMARTS) is 1. The molecular weight excluding hydrogens is 216 g/mol. The molecule has 0 saturated carbocycles. The van der Waals surface area contributed by atoms with E-state index in [2.05, 4.69) is 0 Å². The number of hydrogen-bond acceptors (Lipinski definition) is 4. The first-order valence-corrected chi connectivity index (χ1v) is 4.68. The predicted octanol–water partition coefficient (Wildman–Crippen LogP) is -1.12. The van der Waals surface area contributed by atoms with Gasteiger partial charge in [0.2, 0.25) is 0 Å². The third-order valence-electron chi connectivity index (χ3n) is 2.13. The molecule has 88 valence electrons. The summed E-state index contributed by atoms with van der Waals surface area (Å²) >= 11 is 0. The van der Waals surface area contributed by atoms with Gasteiger partial charge in [-0.2, -0.15) is 0 Å². The van der Waals surface area contributed by atoms with Crippen molar-refractivity contribution in [2.24, 2.45) is 0 Å². The van der Waals surface area contributed by atoms with E-state index in [9.17, 15) is 14.4 Å². The summed E-state index contributed by atoms with van der Waals surface area (Å²) in [5, 5.41) is 17.3. The predicted molar refractivity (Wildman–Crippen MR) is 52.5 cm³/mol. The lowest BCUT2D eigenvalue weighted by atomic mass is 10.4. The van der Waals surface area contributed by atoms with Crippen molar-refractivity contribution in [3.8, 4) is 0 Å². The maximum absolute atomic E-state index is 11.1. The van der Waals surface area contributed by atoms with E-state index in [-0.39, 0.29) is 26.2 Å². The Morgan fingerprint density at radius 1 is 1.25 bits per heavy atom. The number of nitrogens with zero attached hydrogens (tertiary/aromatic N) is 2. The molecule has 1 aliphatic heterocycles. The molecule has 16 heavy (non-hydrogen) atoms. The quantitative estimate of drug-likeness (QED) is 0.581. The highest BCUT2D eigenvalue weighted by molar-refractivity contribution is 6.12. The minimum Gasteiger partial charge on any atom is -0.465 e. The second kappa shape index (κ2) is 5.26. The van der Waals surface area contributed by atoms with Gasteiger partial charge in [0.05, 0.1) is 6.61 Å². The maximum Gasteiger partial charge on any atom is 0.407 e. The lowest BCUT2D eigenvalue weighted by Crippen LogP contribution is -2.41. The molecule has 7 nitrogen and oxygen atoms in total. The fourth-order valence-corrected chi connectivity index (χ4v) is 1.30. The molecule has 0 fully saturated rings. The van der Waals surface area contributed by atoms with Crippen molar-refractivity contribution in [1.82, 2.24) is 9.80 Å². The molecule has 2 N–H and O–H groups in total. The third kappa shape index (κ3) is 2.80. The van der Waals surface area contributed by atoms with Gasteiger partial charge in [-0.3, -0.25) is 14.5 Å². The summed E-state index contributed by atoms with van der Waals surface area (Å²) in [6, 6.07) is 0. The largest absolute Gasteiger partial charge is 0.465 e. The molecule has 0 aliphatic carbocycles. The molecule has 3 amide bonds. The van der Waals surface area contributed by atoms with E-state index in [1.54, 1.807) is 0 Å². The maximum atomic E-state index is 11.1. The van der Waals surface area contributed by atoms with Gasteiger partial charge >= 0.3 is 6.09 Å². The summed E-state index contributed by atoms with van der Waals surface area (Å²) in [7, 11) is 0. The van der Waals surface area contributed by atoms with Crippen LogP contribution < -0.4 is 0 Å². The average molecular weight is 228 g/mol. The average Bonchev–Trinajstić information content (AvgIpc) is 2.54. The van der Waals surface area contributed by atoms with Crippen molar-refractivity contribution in [1.29, 1.82) is 0 Å². The van der Waals surface area contributed by atoms with Crippen molar-refractivity contribution >= 4 is 17.9 Å². The highest BCUT2D eigenvalue weighted by Gasteiger charge is 2.24. The molecule has 7 heteroatoms. The first kappa shape index (κ1) is 12.2. The highest BCUT2D eigenvalue weighted by Crippen LogP contribution is 2.03. The van der Waals surface area contributed by atoms with Crippen LogP contribution in [0.4, 0.5) is 4.79 Å². The fraction of sp³-hybridized carbons (Fsp3) is 0.444. The van der Waals surface area contributed by atoms with E-state index in [4.69, 9.17) is 10.2 Å². The first-order chi connectivity index (χ1) is 7.56. The molecule has 0 bridgehead atoms. The monoisotopic (exact) mass is 228 g/mol. The van der Waals surface area contributed by atoms with Crippen LogP contribution in [0.5, 0.6) is 0 Å². The standard InChI is InChI=1S/C9H12N2O5/c12-6-5-10(9(15)16)3-4-11-7(13)1-2-8(11)14/h1-2,12H,3-6H2,(H,15,16). The van der Waals surface area contributed by atoms with E-state index in [1.807, 2.05) is 0 Å². The van der Waals surface area contributed by atoms with Crippen LogP contribution in [0.2, 0.25) is 0 Å². The zero-order valence-electron chi connectivity index (χ0n) is 8.50. The van der Waals surface area contributed by atoms with Crippen molar-refractivity contribution in [2.45, 2.75) is 0 Å². The van der Waals surface area contributed by atoms with Crippen LogP contribution in [0.1, 0.15) is 0 Å². The highest BCUT2D eigenvalue weighted by atomic mass is 16.4. The summed E-state index contributed by atoms with van der Waals surface area (Å²) in [6.45, 7) is -0.350. The lowest BCUT2D eigenvalue weighted by molar-refractivity contribution is -0.136. The van der Waals surface area contributed by atoms with E-state index in [0.717, 1.165) is 22.0 Å². The molecule has 0 saturated heterocycles. The van der Waals surface area contributed by atoms with Crippen LogP contribution in [0, 0.1) is 0 Å². The lowest BCUT2D eigenvalue weighted by Gasteiger charge is -2.21. The number of carbonyl (C=O) groups is 3. The van der Waals surface area contributed by atoms with Crippen LogP contribution in [-0.2, 0) is 9.59 Å². The van der Waals surface area contributed by atoms with Gasteiger partial charge in [0.25, 0.3) is 11.8 Å². The number of hydrogen-bond donors (Lipinski definition) is 2. The molecule has 1 aliphatic rings. The van der Waals surface area contributed by atoms with Crippen LogP contribution in [-0.4, -0.2) is 64.2 Å². The molecule has 1 rings (SSSR count). The molecule has 0 radical (unpaired) electrons. The Hall–Kier alpha value is -1.89. The minimum absolute atomic E-state index is 0.00301. The molecule has 0 spiro atoms. The number of aliphatic hydroxyl groups excluding tert-OH is 1. The number of carbonyl (C=O) groups excluding carboxylic acids is 2. The van der Waals surface area contributed by atoms with Gasteiger partial charge in [-0.05, 0) is 0 Å². The van der Waals surface area contributed by atoms with E-state index in [1.165, 1.54) is 0 Å². The zero-order chi connectivity index (χ0) is 12.1. The van der Waals surface area contributed by atoms with Gasteiger partial charge in [0.15, 0.2) is 0 Å². The molecule has 0 unspecified atom stereocenters. The zero-order valence-corrected chi connectivity index (χ0v) is 8.50. The Morgan fingerprint density at radius 3 is 2.25 bits per heavy atom. The van der Waals surface area contributed by atoms with Crippen molar-refractivity contribution in [3.05, 3.63) is 12.2 Å². The summed E-state index contributed by atoms with van der Waals surface area (Å²) in [5.74, 6) is -0.890. The number of amides is 3. The van der Waals surface area contributed by atoms with Crippen molar-refractivity contribution < 1.29 is 24.6 Å². The van der Waals surface area contributed by atoms with E-state index < -0.39 is 17.9 Å². The van der Waals surface area contributed by atoms with Gasteiger partial charge in [-0.25, -0.2) is 4.79 Å². The minimum atomic E-state index is -1.19. The normalized spacial score (nSPS) is 14.7. The summed E-state index contributed by atoms with van der Waals surface area (Å²) in [5.41, 5.74) is 0. The van der Waals surface area contributed by atoms with Crippen LogP contribution in [0.25, 0.3) is 0 Å². The number of imide groups is 1. The molecule has 0 aromatic carbocycles. The Morgan fingerprint density at radius 2 is 1.81 bits per heavy atom. The Bertz CT molecular complexity index is 321. The molecule has 0 atom stereocenters. The van der Waals surface area contributed by atoms with E-state index in [0.29, 0.717) is 0 Å². The fourth-order valence-electron chi connectivity index (χ4n) is 1.30. The topological polar surface area (TPSA) is 98.1 Å². The smallest absolute Gasteiger partial charge is 0.407 e. The summed E-state index contributed by atoms with van der Waals surface area (Å²) < 4.78 is 0. The number of aliphatic hydroxyl groups is 1. The van der Waals surface area contributed by atoms with E-state index >= 15 is 0 Å². The van der Waals surface area contributed by atoms with Crippen LogP contribution in [0.3, 0.4) is 0 Å². The summed E-state index contributed by atoms with van der Waals surface area (Å²) in [6.07, 6.45) is 1.08. The molecule has 1 heterocycles. The SMILES string of the molecule is O=C(O)N(CCO)CCN1C(=O)C=CC1=O.